The maximum Gasteiger partial charge on any atom is 0.471 e. The molecule has 1 aliphatic heterocycles. The molecule has 108 valence electrons. The summed E-state index contributed by atoms with van der Waals surface area (Å²) >= 11 is 0. The molecule has 2 unspecified atom stereocenters. The van der Waals surface area contributed by atoms with Crippen molar-refractivity contribution >= 4 is 12.0 Å². The molecule has 2 amide bonds. The van der Waals surface area contributed by atoms with Crippen LogP contribution in [-0.2, 0) is 4.79 Å². The Morgan fingerprint density at radius 3 is 2.05 bits per heavy atom. The molecule has 2 bridgehead atoms. The van der Waals surface area contributed by atoms with Crippen LogP contribution in [0.25, 0.3) is 0 Å². The minimum atomic E-state index is -4.86. The molecule has 5 nitrogen and oxygen atoms in total. The number of likely N-dealkylation sites (tertiary alicyclic amines) is 1. The molecule has 0 aromatic rings. The number of nitrogens with zero attached hydrogens (tertiary/aromatic N) is 2. The fourth-order valence-electron chi connectivity index (χ4n) is 3.30. The number of halogens is 3. The number of alkyl halides is 3. The highest BCUT2D eigenvalue weighted by Crippen LogP contribution is 2.40. The first-order valence-electron chi connectivity index (χ1n) is 6.03. The summed E-state index contributed by atoms with van der Waals surface area (Å²) in [7, 11) is 1.43. The van der Waals surface area contributed by atoms with E-state index in [9.17, 15) is 22.8 Å². The number of fused-ring (bicyclic) bond motifs is 2. The Labute approximate surface area is 108 Å². The summed E-state index contributed by atoms with van der Waals surface area (Å²) in [6.45, 7) is -0.0335. The van der Waals surface area contributed by atoms with Gasteiger partial charge >= 0.3 is 18.2 Å². The van der Waals surface area contributed by atoms with Crippen molar-refractivity contribution < 1.29 is 27.9 Å². The van der Waals surface area contributed by atoms with E-state index in [1.165, 1.54) is 7.05 Å². The average molecular weight is 280 g/mol. The Kier molecular flexibility index (Phi) is 3.36. The van der Waals surface area contributed by atoms with Gasteiger partial charge in [0.05, 0.1) is 0 Å². The number of piperidine rings is 1. The zero-order valence-corrected chi connectivity index (χ0v) is 10.4. The first-order valence-corrected chi connectivity index (χ1v) is 6.03. The van der Waals surface area contributed by atoms with Gasteiger partial charge in [-0.2, -0.15) is 13.2 Å². The minimum Gasteiger partial charge on any atom is -0.465 e. The molecule has 0 aromatic carbocycles. The van der Waals surface area contributed by atoms with E-state index in [4.69, 9.17) is 5.11 Å². The Balaban J connectivity index is 2.10. The maximum atomic E-state index is 12.4. The normalized spacial score (nSPS) is 30.3. The van der Waals surface area contributed by atoms with Crippen molar-refractivity contribution in [3.8, 4) is 0 Å². The largest absolute Gasteiger partial charge is 0.471 e. The second-order valence-electron chi connectivity index (χ2n) is 5.19. The molecule has 2 aliphatic rings. The lowest BCUT2D eigenvalue weighted by Crippen LogP contribution is -2.56. The summed E-state index contributed by atoms with van der Waals surface area (Å²) in [6.07, 6.45) is -4.62. The molecule has 19 heavy (non-hydrogen) atoms. The fourth-order valence-corrected chi connectivity index (χ4v) is 3.30. The fraction of sp³-hybridized carbons (Fsp3) is 0.818. The molecular formula is C11H15F3N2O3. The first kappa shape index (κ1) is 14.0. The summed E-state index contributed by atoms with van der Waals surface area (Å²) in [5.41, 5.74) is 0. The average Bonchev–Trinajstić information content (AvgIpc) is 2.56. The highest BCUT2D eigenvalue weighted by Gasteiger charge is 2.51. The molecule has 0 aromatic heterocycles. The first-order chi connectivity index (χ1) is 8.71. The van der Waals surface area contributed by atoms with Crippen LogP contribution in [0, 0.1) is 11.8 Å². The van der Waals surface area contributed by atoms with Gasteiger partial charge in [-0.1, -0.05) is 0 Å². The van der Waals surface area contributed by atoms with Gasteiger partial charge in [0.25, 0.3) is 0 Å². The zero-order chi connectivity index (χ0) is 14.4. The van der Waals surface area contributed by atoms with Crippen molar-refractivity contribution in [2.24, 2.45) is 11.8 Å². The lowest BCUT2D eigenvalue weighted by Gasteiger charge is -2.41. The number of hydrogen-bond donors (Lipinski definition) is 1. The standard InChI is InChI=1S/C11H15F3N2O3/c1-15(10(18)19)8-6-2-3-7(8)5-16(4-6)9(17)11(12,13)14/h6-8H,2-5H2,1H3,(H,18,19). The third-order valence-electron chi connectivity index (χ3n) is 4.06. The van der Waals surface area contributed by atoms with Crippen LogP contribution in [-0.4, -0.2) is 59.3 Å². The molecule has 0 spiro atoms. The summed E-state index contributed by atoms with van der Waals surface area (Å²) < 4.78 is 37.2. The van der Waals surface area contributed by atoms with Crippen molar-refractivity contribution in [1.82, 2.24) is 9.80 Å². The molecule has 0 radical (unpaired) electrons. The molecule has 8 heteroatoms. The van der Waals surface area contributed by atoms with Gasteiger partial charge in [-0.05, 0) is 24.7 Å². The Morgan fingerprint density at radius 2 is 1.68 bits per heavy atom. The van der Waals surface area contributed by atoms with Crippen LogP contribution in [0.2, 0.25) is 0 Å². The summed E-state index contributed by atoms with van der Waals surface area (Å²) in [6, 6.07) is -0.283. The quantitative estimate of drug-likeness (QED) is 0.789. The Hall–Kier alpha value is -1.47. The third-order valence-corrected chi connectivity index (χ3v) is 4.06. The van der Waals surface area contributed by atoms with Gasteiger partial charge in [0.1, 0.15) is 0 Å². The van der Waals surface area contributed by atoms with E-state index >= 15 is 0 Å². The van der Waals surface area contributed by atoms with Gasteiger partial charge in [-0.15, -0.1) is 0 Å². The number of amides is 2. The Bertz CT molecular complexity index is 385. The van der Waals surface area contributed by atoms with Gasteiger partial charge in [0, 0.05) is 26.2 Å². The lowest BCUT2D eigenvalue weighted by molar-refractivity contribution is -0.188. The number of carbonyl (C=O) groups is 2. The van der Waals surface area contributed by atoms with Crippen LogP contribution < -0.4 is 0 Å². The number of hydrogen-bond acceptors (Lipinski definition) is 2. The molecule has 1 N–H and O–H groups in total. The smallest absolute Gasteiger partial charge is 0.465 e. The van der Waals surface area contributed by atoms with E-state index in [1.54, 1.807) is 0 Å². The second-order valence-corrected chi connectivity index (χ2v) is 5.19. The minimum absolute atomic E-state index is 0.0167. The third kappa shape index (κ3) is 2.48. The van der Waals surface area contributed by atoms with E-state index in [1.807, 2.05) is 0 Å². The van der Waals surface area contributed by atoms with Crippen molar-refractivity contribution in [3.63, 3.8) is 0 Å². The summed E-state index contributed by atoms with van der Waals surface area (Å²) in [5.74, 6) is -2.22. The van der Waals surface area contributed by atoms with Crippen LogP contribution in [0.15, 0.2) is 0 Å². The number of carboxylic acid groups (broad SMARTS) is 1. The molecular weight excluding hydrogens is 265 g/mol. The van der Waals surface area contributed by atoms with Gasteiger partial charge in [-0.25, -0.2) is 4.79 Å². The molecule has 1 aliphatic carbocycles. The predicted molar refractivity (Wildman–Crippen MR) is 58.4 cm³/mol. The molecule has 2 atom stereocenters. The van der Waals surface area contributed by atoms with Crippen molar-refractivity contribution in [1.29, 1.82) is 0 Å². The molecule has 1 saturated carbocycles. The number of rotatable bonds is 1. The SMILES string of the molecule is CN(C(=O)O)C1C2CCC1CN(C(=O)C(F)(F)F)C2. The molecule has 1 saturated heterocycles. The van der Waals surface area contributed by atoms with E-state index in [0.29, 0.717) is 12.8 Å². The highest BCUT2D eigenvalue weighted by molar-refractivity contribution is 5.82. The topological polar surface area (TPSA) is 60.9 Å². The van der Waals surface area contributed by atoms with Crippen LogP contribution in [0.3, 0.4) is 0 Å². The highest BCUT2D eigenvalue weighted by atomic mass is 19.4. The summed E-state index contributed by atoms with van der Waals surface area (Å²) in [5, 5.41) is 8.97. The van der Waals surface area contributed by atoms with Gasteiger partial charge in [-0.3, -0.25) is 4.79 Å². The van der Waals surface area contributed by atoms with Crippen LogP contribution in [0.5, 0.6) is 0 Å². The van der Waals surface area contributed by atoms with E-state index < -0.39 is 18.2 Å². The Morgan fingerprint density at radius 1 is 1.21 bits per heavy atom. The van der Waals surface area contributed by atoms with Gasteiger partial charge in [0.2, 0.25) is 0 Å². The van der Waals surface area contributed by atoms with Crippen LogP contribution in [0.4, 0.5) is 18.0 Å². The van der Waals surface area contributed by atoms with E-state index in [0.717, 1.165) is 9.80 Å². The monoisotopic (exact) mass is 280 g/mol. The maximum absolute atomic E-state index is 12.4. The molecule has 1 heterocycles. The van der Waals surface area contributed by atoms with Crippen LogP contribution >= 0.6 is 0 Å². The molecule has 2 fully saturated rings. The van der Waals surface area contributed by atoms with E-state index in [-0.39, 0.29) is 31.0 Å². The number of carbonyl (C=O) groups excluding carboxylic acids is 1. The van der Waals surface area contributed by atoms with E-state index in [2.05, 4.69) is 0 Å². The van der Waals surface area contributed by atoms with Gasteiger partial charge in [0.15, 0.2) is 0 Å². The van der Waals surface area contributed by atoms with Crippen LogP contribution in [0.1, 0.15) is 12.8 Å². The van der Waals surface area contributed by atoms with Crippen molar-refractivity contribution in [3.05, 3.63) is 0 Å². The predicted octanol–water partition coefficient (Wildman–Crippen LogP) is 1.40. The van der Waals surface area contributed by atoms with Crippen molar-refractivity contribution in [2.75, 3.05) is 20.1 Å². The lowest BCUT2D eigenvalue weighted by atomic mass is 9.91. The van der Waals surface area contributed by atoms with Gasteiger partial charge < -0.3 is 14.9 Å². The zero-order valence-electron chi connectivity index (χ0n) is 10.4. The summed E-state index contributed by atoms with van der Waals surface area (Å²) in [4.78, 5) is 24.2. The second kappa shape index (κ2) is 4.57. The molecule has 2 rings (SSSR count). The van der Waals surface area contributed by atoms with Crippen molar-refractivity contribution in [2.45, 2.75) is 25.1 Å².